The minimum Gasteiger partial charge on any atom is -0.322 e. The summed E-state index contributed by atoms with van der Waals surface area (Å²) in [7, 11) is -3.84. The summed E-state index contributed by atoms with van der Waals surface area (Å²) in [6.45, 7) is 0. The number of benzene rings is 3. The molecule has 0 radical (unpaired) electrons. The second-order valence-electron chi connectivity index (χ2n) is 5.54. The molecule has 1 amide bonds. The Labute approximate surface area is 174 Å². The maximum atomic E-state index is 12.7. The Morgan fingerprint density at radius 1 is 0.815 bits per heavy atom. The minimum atomic E-state index is -3.84. The molecule has 0 fully saturated rings. The minimum absolute atomic E-state index is 0.111. The van der Waals surface area contributed by atoms with Crippen molar-refractivity contribution in [2.75, 3.05) is 10.0 Å². The highest BCUT2D eigenvalue weighted by Crippen LogP contribution is 2.29. The van der Waals surface area contributed by atoms with Crippen LogP contribution in [0.1, 0.15) is 10.4 Å². The Morgan fingerprint density at radius 2 is 1.48 bits per heavy atom. The van der Waals surface area contributed by atoms with E-state index in [2.05, 4.69) is 41.9 Å². The van der Waals surface area contributed by atoms with Gasteiger partial charge >= 0.3 is 0 Å². The van der Waals surface area contributed by atoms with Crippen LogP contribution in [-0.4, -0.2) is 14.3 Å². The number of carbonyl (C=O) groups excluding carboxylic acids is 1. The third-order valence-corrected chi connectivity index (χ3v) is 6.21. The number of carbonyl (C=O) groups is 1. The Balaban J connectivity index is 1.93. The molecule has 0 aliphatic carbocycles. The predicted molar refractivity (Wildman–Crippen MR) is 113 cm³/mol. The van der Waals surface area contributed by atoms with Crippen LogP contribution in [-0.2, 0) is 10.0 Å². The molecule has 3 aromatic rings. The lowest BCUT2D eigenvalue weighted by Gasteiger charge is -2.14. The third-order valence-electron chi connectivity index (χ3n) is 3.65. The molecule has 0 spiro atoms. The molecule has 0 heterocycles. The molecule has 0 unspecified atom stereocenters. The number of rotatable bonds is 5. The van der Waals surface area contributed by atoms with Crippen LogP contribution >= 0.6 is 31.9 Å². The number of halogens is 2. The first kappa shape index (κ1) is 19.6. The van der Waals surface area contributed by atoms with Crippen LogP contribution < -0.4 is 10.0 Å². The Hall–Kier alpha value is -2.16. The molecule has 2 N–H and O–H groups in total. The quantitative estimate of drug-likeness (QED) is 0.492. The van der Waals surface area contributed by atoms with E-state index in [9.17, 15) is 13.2 Å². The van der Waals surface area contributed by atoms with Crippen molar-refractivity contribution in [1.82, 2.24) is 0 Å². The zero-order chi connectivity index (χ0) is 19.4. The van der Waals surface area contributed by atoms with Gasteiger partial charge in [-0.1, -0.05) is 40.2 Å². The van der Waals surface area contributed by atoms with Gasteiger partial charge in [0.05, 0.1) is 16.1 Å². The highest BCUT2D eigenvalue weighted by molar-refractivity contribution is 9.10. The average Bonchev–Trinajstić information content (AvgIpc) is 2.66. The van der Waals surface area contributed by atoms with Crippen molar-refractivity contribution in [3.63, 3.8) is 0 Å². The number of anilines is 2. The number of sulfonamides is 1. The fraction of sp³-hybridized carbons (Fsp3) is 0. The van der Waals surface area contributed by atoms with Crippen molar-refractivity contribution in [3.05, 3.63) is 87.3 Å². The summed E-state index contributed by atoms with van der Waals surface area (Å²) in [5.41, 5.74) is 0.975. The third kappa shape index (κ3) is 4.77. The predicted octanol–water partition coefficient (Wildman–Crippen LogP) is 5.26. The SMILES string of the molecule is O=C(Nc1ccc(Br)cc1)c1cccc(Br)c1NS(=O)(=O)c1ccccc1. The van der Waals surface area contributed by atoms with Gasteiger partial charge in [0.1, 0.15) is 0 Å². The maximum Gasteiger partial charge on any atom is 0.261 e. The van der Waals surface area contributed by atoms with Crippen molar-refractivity contribution >= 4 is 59.2 Å². The largest absolute Gasteiger partial charge is 0.322 e. The molecule has 0 aliphatic heterocycles. The van der Waals surface area contributed by atoms with E-state index in [1.165, 1.54) is 12.1 Å². The summed E-state index contributed by atoms with van der Waals surface area (Å²) in [5.74, 6) is -0.426. The average molecular weight is 510 g/mol. The second kappa shape index (κ2) is 8.24. The number of nitrogens with one attached hydrogen (secondary N) is 2. The smallest absolute Gasteiger partial charge is 0.261 e. The maximum absolute atomic E-state index is 12.7. The topological polar surface area (TPSA) is 75.3 Å². The van der Waals surface area contributed by atoms with Gasteiger partial charge in [-0.05, 0) is 64.5 Å². The van der Waals surface area contributed by atoms with E-state index in [0.717, 1.165) is 4.47 Å². The molecule has 0 saturated carbocycles. The molecule has 5 nitrogen and oxygen atoms in total. The van der Waals surface area contributed by atoms with Crippen LogP contribution in [0.25, 0.3) is 0 Å². The van der Waals surface area contributed by atoms with E-state index in [-0.39, 0.29) is 16.1 Å². The first-order valence-electron chi connectivity index (χ1n) is 7.80. The lowest BCUT2D eigenvalue weighted by molar-refractivity contribution is 0.102. The number of amides is 1. The van der Waals surface area contributed by atoms with Gasteiger partial charge in [0.15, 0.2) is 0 Å². The highest BCUT2D eigenvalue weighted by atomic mass is 79.9. The molecule has 0 aromatic heterocycles. The standard InChI is InChI=1S/C19H14Br2N2O3S/c20-13-9-11-14(12-10-13)22-19(24)16-7-4-8-17(21)18(16)23-27(25,26)15-5-2-1-3-6-15/h1-12,23H,(H,22,24). The van der Waals surface area contributed by atoms with Crippen LogP contribution in [0.3, 0.4) is 0 Å². The summed E-state index contributed by atoms with van der Waals surface area (Å²) in [6.07, 6.45) is 0. The summed E-state index contributed by atoms with van der Waals surface area (Å²) in [6, 6.07) is 20.0. The van der Waals surface area contributed by atoms with E-state index in [0.29, 0.717) is 10.2 Å². The van der Waals surface area contributed by atoms with Gasteiger partial charge in [0.25, 0.3) is 15.9 Å². The molecule has 0 bridgehead atoms. The molecule has 0 saturated heterocycles. The molecule has 138 valence electrons. The van der Waals surface area contributed by atoms with Crippen LogP contribution in [0.15, 0.2) is 86.6 Å². The molecular formula is C19H14Br2N2O3S. The van der Waals surface area contributed by atoms with Crippen molar-refractivity contribution in [3.8, 4) is 0 Å². The van der Waals surface area contributed by atoms with Crippen molar-refractivity contribution in [1.29, 1.82) is 0 Å². The fourth-order valence-electron chi connectivity index (χ4n) is 2.34. The van der Waals surface area contributed by atoms with Gasteiger partial charge in [0, 0.05) is 14.6 Å². The van der Waals surface area contributed by atoms with E-state index in [1.807, 2.05) is 0 Å². The number of hydrogen-bond acceptors (Lipinski definition) is 3. The van der Waals surface area contributed by atoms with Gasteiger partial charge in [-0.3, -0.25) is 9.52 Å². The van der Waals surface area contributed by atoms with Crippen LogP contribution in [0.2, 0.25) is 0 Å². The number of para-hydroxylation sites is 1. The van der Waals surface area contributed by atoms with Crippen molar-refractivity contribution in [2.24, 2.45) is 0 Å². The van der Waals surface area contributed by atoms with Gasteiger partial charge in [-0.2, -0.15) is 0 Å². The normalized spacial score (nSPS) is 11.0. The monoisotopic (exact) mass is 508 g/mol. The van der Waals surface area contributed by atoms with Gasteiger partial charge in [-0.15, -0.1) is 0 Å². The lowest BCUT2D eigenvalue weighted by atomic mass is 10.1. The van der Waals surface area contributed by atoms with E-state index >= 15 is 0 Å². The van der Waals surface area contributed by atoms with Crippen LogP contribution in [0.5, 0.6) is 0 Å². The Bertz CT molecular complexity index is 1070. The van der Waals surface area contributed by atoms with Crippen molar-refractivity contribution in [2.45, 2.75) is 4.90 Å². The zero-order valence-corrected chi connectivity index (χ0v) is 17.8. The van der Waals surface area contributed by atoms with Gasteiger partial charge in [-0.25, -0.2) is 8.42 Å². The fourth-order valence-corrected chi connectivity index (χ4v) is 4.32. The Morgan fingerprint density at radius 3 is 2.15 bits per heavy atom. The molecule has 0 atom stereocenters. The summed E-state index contributed by atoms with van der Waals surface area (Å²) >= 11 is 6.66. The molecule has 3 rings (SSSR count). The molecule has 0 aliphatic rings. The number of hydrogen-bond donors (Lipinski definition) is 2. The van der Waals surface area contributed by atoms with Crippen molar-refractivity contribution < 1.29 is 13.2 Å². The first-order chi connectivity index (χ1) is 12.9. The summed E-state index contributed by atoms with van der Waals surface area (Å²) in [4.78, 5) is 12.8. The summed E-state index contributed by atoms with van der Waals surface area (Å²) < 4.78 is 29.2. The zero-order valence-electron chi connectivity index (χ0n) is 13.8. The summed E-state index contributed by atoms with van der Waals surface area (Å²) in [5, 5.41) is 2.76. The van der Waals surface area contributed by atoms with E-state index in [1.54, 1.807) is 60.7 Å². The van der Waals surface area contributed by atoms with E-state index < -0.39 is 15.9 Å². The van der Waals surface area contributed by atoms with Gasteiger partial charge in [0.2, 0.25) is 0 Å². The lowest BCUT2D eigenvalue weighted by Crippen LogP contribution is -2.19. The van der Waals surface area contributed by atoms with Gasteiger partial charge < -0.3 is 5.32 Å². The first-order valence-corrected chi connectivity index (χ1v) is 10.9. The molecule has 8 heteroatoms. The molecular weight excluding hydrogens is 496 g/mol. The van der Waals surface area contributed by atoms with Crippen LogP contribution in [0.4, 0.5) is 11.4 Å². The van der Waals surface area contributed by atoms with E-state index in [4.69, 9.17) is 0 Å². The van der Waals surface area contributed by atoms with Crippen LogP contribution in [0, 0.1) is 0 Å². The highest BCUT2D eigenvalue weighted by Gasteiger charge is 2.20. The second-order valence-corrected chi connectivity index (χ2v) is 8.99. The molecule has 27 heavy (non-hydrogen) atoms. The Kier molecular flexibility index (Phi) is 5.98. The molecule has 3 aromatic carbocycles.